The van der Waals surface area contributed by atoms with Crippen LogP contribution in [-0.2, 0) is 4.79 Å². The Balaban J connectivity index is 1.95. The van der Waals surface area contributed by atoms with Crippen LogP contribution in [0.5, 0.6) is 0 Å². The van der Waals surface area contributed by atoms with E-state index in [1.165, 1.54) is 12.8 Å². The molecule has 19 heavy (non-hydrogen) atoms. The summed E-state index contributed by atoms with van der Waals surface area (Å²) in [6, 6.07) is 9.27. The summed E-state index contributed by atoms with van der Waals surface area (Å²) in [6.07, 6.45) is 3.48. The minimum absolute atomic E-state index is 0.0557. The highest BCUT2D eigenvalue weighted by molar-refractivity contribution is 5.83. The molecule has 3 N–H and O–H groups in total. The van der Waals surface area contributed by atoms with Crippen molar-refractivity contribution in [2.45, 2.75) is 45.2 Å². The Morgan fingerprint density at radius 1 is 1.37 bits per heavy atom. The van der Waals surface area contributed by atoms with Gasteiger partial charge in [-0.05, 0) is 30.2 Å². The summed E-state index contributed by atoms with van der Waals surface area (Å²) in [5, 5.41) is 3.13. The van der Waals surface area contributed by atoms with E-state index >= 15 is 0 Å². The van der Waals surface area contributed by atoms with Crippen LogP contribution in [0.1, 0.15) is 44.7 Å². The number of hydrogen-bond donors (Lipinski definition) is 2. The Labute approximate surface area is 115 Å². The molecule has 3 nitrogen and oxygen atoms in total. The first-order valence-corrected chi connectivity index (χ1v) is 7.24. The summed E-state index contributed by atoms with van der Waals surface area (Å²) in [4.78, 5) is 12.2. The molecule has 0 aliphatic heterocycles. The van der Waals surface area contributed by atoms with Crippen molar-refractivity contribution in [3.63, 3.8) is 0 Å². The van der Waals surface area contributed by atoms with Crippen molar-refractivity contribution in [2.24, 2.45) is 17.6 Å². The number of rotatable bonds is 4. The quantitative estimate of drug-likeness (QED) is 0.874. The van der Waals surface area contributed by atoms with Crippen molar-refractivity contribution < 1.29 is 4.79 Å². The molecule has 1 saturated carbocycles. The van der Waals surface area contributed by atoms with Crippen LogP contribution in [0.2, 0.25) is 0 Å². The van der Waals surface area contributed by atoms with Crippen LogP contribution >= 0.6 is 0 Å². The number of carbonyl (C=O) groups is 1. The third kappa shape index (κ3) is 3.16. The zero-order valence-corrected chi connectivity index (χ0v) is 11.8. The lowest BCUT2D eigenvalue weighted by atomic mass is 9.93. The zero-order chi connectivity index (χ0) is 13.8. The largest absolute Gasteiger partial charge is 0.351 e. The summed E-state index contributed by atoms with van der Waals surface area (Å²) < 4.78 is 0. The molecule has 3 unspecified atom stereocenters. The van der Waals surface area contributed by atoms with Crippen molar-refractivity contribution in [3.8, 4) is 0 Å². The third-order valence-electron chi connectivity index (χ3n) is 4.52. The number of benzene rings is 1. The van der Waals surface area contributed by atoms with Crippen molar-refractivity contribution in [1.82, 2.24) is 5.32 Å². The van der Waals surface area contributed by atoms with Gasteiger partial charge in [0.2, 0.25) is 5.91 Å². The fourth-order valence-corrected chi connectivity index (χ4v) is 3.11. The van der Waals surface area contributed by atoms with Crippen LogP contribution in [0.3, 0.4) is 0 Å². The highest BCUT2D eigenvalue weighted by Crippen LogP contribution is 2.34. The number of nitrogens with one attached hydrogen (secondary N) is 1. The van der Waals surface area contributed by atoms with Crippen LogP contribution in [0.25, 0.3) is 0 Å². The second-order valence-electron chi connectivity index (χ2n) is 5.61. The molecule has 0 saturated heterocycles. The molecule has 0 bridgehead atoms. The van der Waals surface area contributed by atoms with Crippen LogP contribution in [0, 0.1) is 11.8 Å². The predicted octanol–water partition coefficient (Wildman–Crippen LogP) is 2.63. The van der Waals surface area contributed by atoms with Gasteiger partial charge in [0.05, 0.1) is 0 Å². The number of carbonyl (C=O) groups excluding carboxylic acids is 1. The molecule has 2 rings (SSSR count). The summed E-state index contributed by atoms with van der Waals surface area (Å²) >= 11 is 0. The van der Waals surface area contributed by atoms with Gasteiger partial charge in [0.25, 0.3) is 0 Å². The Kier molecular flexibility index (Phi) is 4.59. The SMILES string of the molecule is CCC1CCC(NC(=O)[C@H](N)c2ccccc2)C1C. The molecule has 1 aliphatic rings. The molecule has 1 fully saturated rings. The Morgan fingerprint density at radius 2 is 2.05 bits per heavy atom. The summed E-state index contributed by atoms with van der Waals surface area (Å²) in [6.45, 7) is 4.46. The fraction of sp³-hybridized carbons (Fsp3) is 0.562. The van der Waals surface area contributed by atoms with Gasteiger partial charge >= 0.3 is 0 Å². The lowest BCUT2D eigenvalue weighted by Gasteiger charge is -2.23. The summed E-state index contributed by atoms with van der Waals surface area (Å²) in [7, 11) is 0. The van der Waals surface area contributed by atoms with E-state index in [1.54, 1.807) is 0 Å². The van der Waals surface area contributed by atoms with Gasteiger partial charge in [-0.2, -0.15) is 0 Å². The van der Waals surface area contributed by atoms with E-state index in [2.05, 4.69) is 19.2 Å². The average molecular weight is 260 g/mol. The topological polar surface area (TPSA) is 55.1 Å². The molecule has 4 atom stereocenters. The monoisotopic (exact) mass is 260 g/mol. The second-order valence-corrected chi connectivity index (χ2v) is 5.61. The van der Waals surface area contributed by atoms with E-state index in [0.717, 1.165) is 17.9 Å². The minimum Gasteiger partial charge on any atom is -0.351 e. The van der Waals surface area contributed by atoms with Crippen molar-refractivity contribution in [2.75, 3.05) is 0 Å². The van der Waals surface area contributed by atoms with Crippen LogP contribution in [0.15, 0.2) is 30.3 Å². The number of nitrogens with two attached hydrogens (primary N) is 1. The molecule has 0 radical (unpaired) electrons. The van der Waals surface area contributed by atoms with E-state index < -0.39 is 6.04 Å². The second kappa shape index (κ2) is 6.20. The third-order valence-corrected chi connectivity index (χ3v) is 4.52. The molecule has 1 aromatic rings. The predicted molar refractivity (Wildman–Crippen MR) is 77.5 cm³/mol. The van der Waals surface area contributed by atoms with Crippen LogP contribution in [-0.4, -0.2) is 11.9 Å². The van der Waals surface area contributed by atoms with Gasteiger partial charge in [-0.25, -0.2) is 0 Å². The van der Waals surface area contributed by atoms with Crippen molar-refractivity contribution >= 4 is 5.91 Å². The van der Waals surface area contributed by atoms with Crippen molar-refractivity contribution in [1.29, 1.82) is 0 Å². The first-order chi connectivity index (χ1) is 9.13. The molecule has 0 aromatic heterocycles. The van der Waals surface area contributed by atoms with Gasteiger partial charge in [0.15, 0.2) is 0 Å². The number of hydrogen-bond acceptors (Lipinski definition) is 2. The van der Waals surface area contributed by atoms with Gasteiger partial charge in [-0.3, -0.25) is 4.79 Å². The van der Waals surface area contributed by atoms with Gasteiger partial charge < -0.3 is 11.1 Å². The Morgan fingerprint density at radius 3 is 2.63 bits per heavy atom. The standard InChI is InChI=1S/C16H24N2O/c1-3-12-9-10-14(11(12)2)18-16(19)15(17)13-7-5-4-6-8-13/h4-8,11-12,14-15H,3,9-10,17H2,1-2H3,(H,18,19)/t11?,12?,14?,15-/m1/s1. The maximum atomic E-state index is 12.2. The smallest absolute Gasteiger partial charge is 0.241 e. The first-order valence-electron chi connectivity index (χ1n) is 7.24. The van der Waals surface area contributed by atoms with Crippen LogP contribution < -0.4 is 11.1 Å². The lowest BCUT2D eigenvalue weighted by molar-refractivity contribution is -0.123. The first kappa shape index (κ1) is 14.1. The molecule has 3 heteroatoms. The molecular formula is C16H24N2O. The van der Waals surface area contributed by atoms with E-state index in [-0.39, 0.29) is 11.9 Å². The lowest BCUT2D eigenvalue weighted by Crippen LogP contribution is -2.42. The average Bonchev–Trinajstić information content (AvgIpc) is 2.79. The zero-order valence-electron chi connectivity index (χ0n) is 11.8. The van der Waals surface area contributed by atoms with Gasteiger partial charge in [0, 0.05) is 6.04 Å². The van der Waals surface area contributed by atoms with Gasteiger partial charge in [0.1, 0.15) is 6.04 Å². The van der Waals surface area contributed by atoms with Crippen molar-refractivity contribution in [3.05, 3.63) is 35.9 Å². The van der Waals surface area contributed by atoms with E-state index in [4.69, 9.17) is 5.73 Å². The molecular weight excluding hydrogens is 236 g/mol. The van der Waals surface area contributed by atoms with Crippen LogP contribution in [0.4, 0.5) is 0 Å². The Hall–Kier alpha value is -1.35. The molecule has 104 valence electrons. The number of amides is 1. The van der Waals surface area contributed by atoms with E-state index in [1.807, 2.05) is 30.3 Å². The van der Waals surface area contributed by atoms with E-state index in [9.17, 15) is 4.79 Å². The van der Waals surface area contributed by atoms with Gasteiger partial charge in [-0.1, -0.05) is 50.6 Å². The highest BCUT2D eigenvalue weighted by atomic mass is 16.2. The summed E-state index contributed by atoms with van der Waals surface area (Å²) in [5.74, 6) is 1.23. The maximum absolute atomic E-state index is 12.2. The molecule has 0 spiro atoms. The molecule has 0 heterocycles. The minimum atomic E-state index is -0.561. The maximum Gasteiger partial charge on any atom is 0.241 e. The highest BCUT2D eigenvalue weighted by Gasteiger charge is 2.33. The van der Waals surface area contributed by atoms with E-state index in [0.29, 0.717) is 5.92 Å². The molecule has 1 aromatic carbocycles. The summed E-state index contributed by atoms with van der Waals surface area (Å²) in [5.41, 5.74) is 6.89. The fourth-order valence-electron chi connectivity index (χ4n) is 3.11. The Bertz CT molecular complexity index is 418. The normalized spacial score (nSPS) is 28.1. The molecule has 1 aliphatic carbocycles. The molecule has 1 amide bonds. The van der Waals surface area contributed by atoms with Gasteiger partial charge in [-0.15, -0.1) is 0 Å².